The number of nitro benzene ring substituents is 3. The van der Waals surface area contributed by atoms with E-state index in [-0.39, 0.29) is 80.6 Å². The highest BCUT2D eigenvalue weighted by molar-refractivity contribution is 6.74. The minimum atomic E-state index is -1.70. The number of halogens is 6. The number of carboxylic acid groups (broad SMARTS) is 2. The van der Waals surface area contributed by atoms with Crippen LogP contribution in [0.4, 0.5) is 17.1 Å². The zero-order chi connectivity index (χ0) is 99.7. The maximum Gasteiger partial charge on any atom is 0.344 e. The number of phenolic OH excluding ortho intramolecular Hbond substituents is 4. The van der Waals surface area contributed by atoms with Crippen LogP contribution in [0.2, 0.25) is 66.4 Å². The fourth-order valence-electron chi connectivity index (χ4n) is 8.31. The maximum atomic E-state index is 11.9. The summed E-state index contributed by atoms with van der Waals surface area (Å²) in [6.45, 7) is 39.9. The first kappa shape index (κ1) is 118. The van der Waals surface area contributed by atoms with E-state index in [4.69, 9.17) is 138 Å². The minimum absolute atomic E-state index is 0.00646. The number of ether oxygens (including phenoxy) is 6. The summed E-state index contributed by atoms with van der Waals surface area (Å²) >= 11 is 34.3. The molecule has 0 radical (unpaired) electrons. The second-order valence-electron chi connectivity index (χ2n) is 31.6. The molecule has 1 aliphatic heterocycles. The second-order valence-corrected chi connectivity index (χ2v) is 43.8. The molecule has 131 heavy (non-hydrogen) atoms. The summed E-state index contributed by atoms with van der Waals surface area (Å²) in [5.41, 5.74) is 1.93. The van der Waals surface area contributed by atoms with Crippen molar-refractivity contribution in [1.82, 2.24) is 5.43 Å². The summed E-state index contributed by atoms with van der Waals surface area (Å²) in [5, 5.41) is 104. The van der Waals surface area contributed by atoms with Crippen molar-refractivity contribution < 1.29 is 107 Å². The number of carbonyl (C=O) groups is 4. The number of benzene rings is 9. The van der Waals surface area contributed by atoms with Gasteiger partial charge in [0.25, 0.3) is 23.0 Å². The van der Waals surface area contributed by atoms with Gasteiger partial charge in [0.15, 0.2) is 41.2 Å². The van der Waals surface area contributed by atoms with Gasteiger partial charge in [-0.1, -0.05) is 161 Å². The number of hydrazone groups is 2. The molecule has 9 aromatic carbocycles. The van der Waals surface area contributed by atoms with Gasteiger partial charge in [0.1, 0.15) is 64.0 Å². The number of amides is 1. The molecule has 1 fully saturated rings. The van der Waals surface area contributed by atoms with E-state index in [1.165, 1.54) is 51.1 Å². The Hall–Kier alpha value is -11.4. The third-order valence-electron chi connectivity index (χ3n) is 17.7. The van der Waals surface area contributed by atoms with Crippen molar-refractivity contribution in [3.05, 3.63) is 277 Å². The highest BCUT2D eigenvalue weighted by Gasteiger charge is 2.38. The van der Waals surface area contributed by atoms with Gasteiger partial charge in [0.2, 0.25) is 0 Å². The molecule has 10 N–H and O–H groups in total. The summed E-state index contributed by atoms with van der Waals surface area (Å²) in [7, 11) is -3.17. The van der Waals surface area contributed by atoms with E-state index < -0.39 is 67.6 Å². The number of aliphatic hydroxyl groups excluding tert-OH is 1. The third-order valence-corrected chi connectivity index (χ3v) is 28.1. The molecular formula is C91H115Cl6N7O25Si2. The summed E-state index contributed by atoms with van der Waals surface area (Å²) < 4.78 is 43.5. The number of carboxylic acids is 2. The first-order valence-corrected chi connectivity index (χ1v) is 48.1. The molecule has 0 saturated carbocycles. The number of nitro groups is 3. The van der Waals surface area contributed by atoms with Crippen LogP contribution in [-0.2, 0) is 28.0 Å². The molecule has 0 spiro atoms. The van der Waals surface area contributed by atoms with Gasteiger partial charge < -0.3 is 78.9 Å². The Balaban J connectivity index is 0.000000744. The van der Waals surface area contributed by atoms with Crippen molar-refractivity contribution in [2.45, 2.75) is 170 Å². The number of phenols is 4. The zero-order valence-corrected chi connectivity index (χ0v) is 82.3. The standard InChI is InChI=1S/C16H14ClN3O5.C15H25ClO2Si.C10H24OSi.2C9H9ClO3.C9H11ClO2.C7H7N3O3.C7H5NO4.C6H5ClO.C3H6O/c1-10(25-14-4-2-3-12(17)8-14)16(22)19-18-9-11-7-13(20(23)24)5-6-15(11)21;1-12(11-17-19(5,6)15(2,3)4)18-14-9-7-8-13(16)10-14;1-9(2)8-11-12(6,7)10(3,4)5;2*1-6(9(11)12)13-8-4-2-3-7(10)5-8;1-7(6-11)12-9-4-2-3-8(10)5-9;8-9-4-5-3-6(10(12)13)1-2-7(5)11;9-4-5-3-6(8(11)12)1-2-7(5)10;7-5-2-1-3-6(8)4-5;1-3-2-4-3/h2-10,21H,1H3,(H,19,22);7-10,12H,11H2,1-6H3;9H,8H2,1-7H3;2*2-6H,1H3,(H,11,12);2-5,7,11H,6H2,1H3;1-4,11H,8H2;1-4,10H;1-4,8H;3H,2H2,1H3/b18-9+;;;;;;9-4+;;;. The second kappa shape index (κ2) is 59.8. The topological polar surface area (TPSA) is 479 Å². The Labute approximate surface area is 794 Å². The maximum absolute atomic E-state index is 11.9. The molecular weight excluding hydrogens is 1860 g/mol. The van der Waals surface area contributed by atoms with Gasteiger partial charge in [-0.25, -0.2) is 15.0 Å². The van der Waals surface area contributed by atoms with E-state index in [1.807, 2.05) is 37.3 Å². The molecule has 9 aromatic rings. The molecule has 6 atom stereocenters. The summed E-state index contributed by atoms with van der Waals surface area (Å²) in [6, 6.07) is 51.2. The van der Waals surface area contributed by atoms with Crippen molar-refractivity contribution in [3.8, 4) is 51.7 Å². The van der Waals surface area contributed by atoms with Crippen LogP contribution in [-0.4, -0.2) is 167 Å². The predicted molar refractivity (Wildman–Crippen MR) is 517 cm³/mol. The number of rotatable bonds is 27. The monoisotopic (exact) mass is 1970 g/mol. The zero-order valence-electron chi connectivity index (χ0n) is 75.7. The van der Waals surface area contributed by atoms with Crippen LogP contribution >= 0.6 is 69.6 Å². The molecule has 6 unspecified atom stereocenters. The fraction of sp³-hybridized carbons (Fsp3) is 0.341. The highest BCUT2D eigenvalue weighted by atomic mass is 35.5. The molecule has 1 aliphatic rings. The van der Waals surface area contributed by atoms with Gasteiger partial charge in [-0.3, -0.25) is 39.9 Å². The lowest BCUT2D eigenvalue weighted by atomic mass is 10.2. The largest absolute Gasteiger partial charge is 0.508 e. The van der Waals surface area contributed by atoms with E-state index in [2.05, 4.69) is 104 Å². The number of nitrogens with zero attached hydrogens (tertiary/aromatic N) is 5. The Bertz CT molecular complexity index is 5040. The average Bonchev–Trinajstić information content (AvgIpc) is 1.81. The lowest BCUT2D eigenvalue weighted by molar-refractivity contribution is -0.385. The van der Waals surface area contributed by atoms with Gasteiger partial charge in [-0.15, -0.1) is 0 Å². The highest BCUT2D eigenvalue weighted by Crippen LogP contribution is 2.38. The van der Waals surface area contributed by atoms with Crippen molar-refractivity contribution in [2.24, 2.45) is 22.0 Å². The van der Waals surface area contributed by atoms with Crippen LogP contribution in [0.1, 0.15) is 118 Å². The molecule has 1 amide bonds. The summed E-state index contributed by atoms with van der Waals surface area (Å²) in [5.74, 6) is 5.43. The number of aliphatic hydroxyl groups is 1. The van der Waals surface area contributed by atoms with Crippen LogP contribution in [0.5, 0.6) is 51.7 Å². The molecule has 1 heterocycles. The van der Waals surface area contributed by atoms with Gasteiger partial charge >= 0.3 is 11.9 Å². The number of nitrogens with one attached hydrogen (secondary N) is 1. The molecule has 40 heteroatoms. The van der Waals surface area contributed by atoms with E-state index in [0.29, 0.717) is 83.1 Å². The number of non-ortho nitro benzene ring substituents is 3. The van der Waals surface area contributed by atoms with Crippen LogP contribution in [0.15, 0.2) is 210 Å². The molecule has 0 bridgehead atoms. The average molecular weight is 1980 g/mol. The Morgan fingerprint density at radius 1 is 0.481 bits per heavy atom. The number of aldehydes is 1. The van der Waals surface area contributed by atoms with Crippen molar-refractivity contribution >= 4 is 140 Å². The molecule has 0 aromatic heterocycles. The van der Waals surface area contributed by atoms with Crippen LogP contribution in [0.3, 0.4) is 0 Å². The van der Waals surface area contributed by atoms with Gasteiger partial charge in [0, 0.05) is 84.3 Å². The van der Waals surface area contributed by atoms with E-state index in [1.54, 1.807) is 116 Å². The van der Waals surface area contributed by atoms with E-state index in [0.717, 1.165) is 61.7 Å². The number of carbonyl (C=O) groups excluding carboxylic acids is 2. The van der Waals surface area contributed by atoms with Crippen molar-refractivity contribution in [2.75, 3.05) is 26.4 Å². The van der Waals surface area contributed by atoms with Crippen LogP contribution < -0.4 is 35.0 Å². The van der Waals surface area contributed by atoms with Gasteiger partial charge in [0.05, 0.1) is 58.7 Å². The minimum Gasteiger partial charge on any atom is -0.508 e. The van der Waals surface area contributed by atoms with Gasteiger partial charge in [-0.05, 0) is 211 Å². The third kappa shape index (κ3) is 51.1. The van der Waals surface area contributed by atoms with Gasteiger partial charge in [-0.2, -0.15) is 10.2 Å². The van der Waals surface area contributed by atoms with Crippen LogP contribution in [0.25, 0.3) is 0 Å². The molecule has 0 aliphatic carbocycles. The molecule has 10 rings (SSSR count). The Kier molecular flexibility index (Phi) is 53.7. The lowest BCUT2D eigenvalue weighted by Crippen LogP contribution is -2.43. The number of hydrogen-bond donors (Lipinski definition) is 9. The SMILES string of the molecule is CC(C)CO[Si](C)(C)C(C)(C)C.CC(CO)Oc1cccc(Cl)c1.CC(CO[Si](C)(C)C(C)(C)C)Oc1cccc(Cl)c1.CC(Oc1cccc(Cl)c1)C(=O)N/N=C/c1cc([N+](=O)[O-])ccc1O.CC(Oc1cccc(Cl)c1)C(=O)O.CC(Oc1cccc(Cl)c1)C(=O)O.CC1CO1.N/N=C/c1cc([N+](=O)[O-])ccc1O.O=Cc1cc([N+](=O)[O-])ccc1O.Oc1cccc(Cl)c1. The van der Waals surface area contributed by atoms with E-state index >= 15 is 0 Å². The fourth-order valence-corrected chi connectivity index (χ4v) is 11.7. The Morgan fingerprint density at radius 2 is 0.779 bits per heavy atom. The number of aliphatic carboxylic acids is 2. The normalized spacial score (nSPS) is 12.9. The number of hydrogen-bond acceptors (Lipinski definition) is 26. The summed E-state index contributed by atoms with van der Waals surface area (Å²) in [6.07, 6.45) is 0.444. The number of nitrogens with two attached hydrogens (primary N) is 1. The van der Waals surface area contributed by atoms with Crippen molar-refractivity contribution in [1.29, 1.82) is 0 Å². The first-order chi connectivity index (χ1) is 61.0. The smallest absolute Gasteiger partial charge is 0.344 e. The number of aromatic hydroxyl groups is 4. The molecule has 32 nitrogen and oxygen atoms in total. The quantitative estimate of drug-likeness (QED) is 0.00439. The molecule has 714 valence electrons. The number of epoxide rings is 1. The lowest BCUT2D eigenvalue weighted by Gasteiger charge is -2.36. The first-order valence-electron chi connectivity index (χ1n) is 40.0. The van der Waals surface area contributed by atoms with Crippen LogP contribution in [0, 0.1) is 36.3 Å². The molecule has 1 saturated heterocycles. The summed E-state index contributed by atoms with van der Waals surface area (Å²) in [4.78, 5) is 72.4. The Morgan fingerprint density at radius 3 is 1.05 bits per heavy atom. The van der Waals surface area contributed by atoms with E-state index in [9.17, 15) is 59.7 Å². The predicted octanol–water partition coefficient (Wildman–Crippen LogP) is 22.3. The van der Waals surface area contributed by atoms with Crippen molar-refractivity contribution in [3.63, 3.8) is 0 Å².